The summed E-state index contributed by atoms with van der Waals surface area (Å²) in [6.07, 6.45) is 1.69. The molecule has 0 bridgehead atoms. The maximum atomic E-state index is 13.1. The number of phenols is 2. The third-order valence-electron chi connectivity index (χ3n) is 5.85. The van der Waals surface area contributed by atoms with Crippen LogP contribution in [0.15, 0.2) is 66.7 Å². The summed E-state index contributed by atoms with van der Waals surface area (Å²) in [4.78, 5) is 28.8. The van der Waals surface area contributed by atoms with E-state index in [0.29, 0.717) is 12.1 Å². The van der Waals surface area contributed by atoms with E-state index in [0.717, 1.165) is 29.5 Å². The Morgan fingerprint density at radius 3 is 2.38 bits per heavy atom. The van der Waals surface area contributed by atoms with Crippen LogP contribution in [0, 0.1) is 0 Å². The van der Waals surface area contributed by atoms with E-state index in [9.17, 15) is 19.8 Å². The molecule has 164 valence electrons. The Morgan fingerprint density at radius 1 is 0.938 bits per heavy atom. The fourth-order valence-electron chi connectivity index (χ4n) is 4.23. The van der Waals surface area contributed by atoms with Crippen LogP contribution in [0.4, 0.5) is 0 Å². The van der Waals surface area contributed by atoms with Crippen LogP contribution in [0.3, 0.4) is 0 Å². The minimum atomic E-state index is -0.256. The van der Waals surface area contributed by atoms with Crippen LogP contribution in [0.1, 0.15) is 45.2 Å². The normalized spacial score (nSPS) is 15.6. The number of rotatable bonds is 4. The number of hydrogen-bond donors (Lipinski definition) is 2. The largest absolute Gasteiger partial charge is 0.508 e. The molecule has 3 aromatic rings. The number of nitrogens with zero attached hydrogens (tertiary/aromatic N) is 2. The molecule has 4 rings (SSSR count). The Kier molecular flexibility index (Phi) is 5.86. The summed E-state index contributed by atoms with van der Waals surface area (Å²) in [6, 6.07) is 19.5. The van der Waals surface area contributed by atoms with Gasteiger partial charge < -0.3 is 20.0 Å². The molecule has 1 aliphatic heterocycles. The Labute approximate surface area is 187 Å². The van der Waals surface area contributed by atoms with E-state index in [1.165, 1.54) is 18.2 Å². The SMILES string of the molecule is CN(C)C(=O)c1cccc(-c2cccc(C3CCCN3C(=O)c3ccc(O)cc3O)c2)c1. The summed E-state index contributed by atoms with van der Waals surface area (Å²) >= 11 is 0. The van der Waals surface area contributed by atoms with Crippen LogP contribution in [-0.4, -0.2) is 52.5 Å². The maximum absolute atomic E-state index is 13.1. The van der Waals surface area contributed by atoms with Crippen molar-refractivity contribution in [1.29, 1.82) is 0 Å². The van der Waals surface area contributed by atoms with Crippen LogP contribution in [-0.2, 0) is 0 Å². The third kappa shape index (κ3) is 4.17. The second kappa shape index (κ2) is 8.75. The number of benzene rings is 3. The van der Waals surface area contributed by atoms with Gasteiger partial charge in [-0.3, -0.25) is 9.59 Å². The zero-order valence-corrected chi connectivity index (χ0v) is 18.2. The lowest BCUT2D eigenvalue weighted by Gasteiger charge is -2.26. The number of amides is 2. The number of aromatic hydroxyl groups is 2. The molecule has 0 aliphatic carbocycles. The summed E-state index contributed by atoms with van der Waals surface area (Å²) in [7, 11) is 3.46. The molecule has 1 atom stereocenters. The highest BCUT2D eigenvalue weighted by molar-refractivity contribution is 5.97. The number of phenolic OH excluding ortho intramolecular Hbond substituents is 2. The third-order valence-corrected chi connectivity index (χ3v) is 5.85. The fourth-order valence-corrected chi connectivity index (χ4v) is 4.23. The van der Waals surface area contributed by atoms with Crippen molar-refractivity contribution < 1.29 is 19.8 Å². The van der Waals surface area contributed by atoms with Gasteiger partial charge in [-0.15, -0.1) is 0 Å². The summed E-state index contributed by atoms with van der Waals surface area (Å²) in [5.41, 5.74) is 3.73. The first kappa shape index (κ1) is 21.4. The van der Waals surface area contributed by atoms with Crippen molar-refractivity contribution in [3.63, 3.8) is 0 Å². The highest BCUT2D eigenvalue weighted by Crippen LogP contribution is 2.36. The van der Waals surface area contributed by atoms with E-state index in [-0.39, 0.29) is 34.9 Å². The monoisotopic (exact) mass is 430 g/mol. The van der Waals surface area contributed by atoms with E-state index in [2.05, 4.69) is 6.07 Å². The molecule has 0 spiro atoms. The Balaban J connectivity index is 1.64. The molecule has 6 heteroatoms. The van der Waals surface area contributed by atoms with Gasteiger partial charge in [-0.25, -0.2) is 0 Å². The van der Waals surface area contributed by atoms with Crippen LogP contribution in [0.25, 0.3) is 11.1 Å². The number of hydrogen-bond acceptors (Lipinski definition) is 4. The molecule has 0 saturated carbocycles. The van der Waals surface area contributed by atoms with Crippen LogP contribution in [0.5, 0.6) is 11.5 Å². The molecule has 32 heavy (non-hydrogen) atoms. The Hall–Kier alpha value is -3.80. The van der Waals surface area contributed by atoms with Crippen molar-refractivity contribution in [2.45, 2.75) is 18.9 Å². The zero-order chi connectivity index (χ0) is 22.8. The van der Waals surface area contributed by atoms with Crippen LogP contribution < -0.4 is 0 Å². The molecular formula is C26H26N2O4. The van der Waals surface area contributed by atoms with Gasteiger partial charge in [0.05, 0.1) is 11.6 Å². The molecular weight excluding hydrogens is 404 g/mol. The quantitative estimate of drug-likeness (QED) is 0.641. The lowest BCUT2D eigenvalue weighted by atomic mass is 9.97. The van der Waals surface area contributed by atoms with E-state index in [1.807, 2.05) is 36.4 Å². The minimum Gasteiger partial charge on any atom is -0.508 e. The summed E-state index contributed by atoms with van der Waals surface area (Å²) < 4.78 is 0. The Morgan fingerprint density at radius 2 is 1.66 bits per heavy atom. The molecule has 6 nitrogen and oxygen atoms in total. The Bertz CT molecular complexity index is 1170. The molecule has 1 fully saturated rings. The van der Waals surface area contributed by atoms with Gasteiger partial charge in [0.2, 0.25) is 0 Å². The summed E-state index contributed by atoms with van der Waals surface area (Å²) in [6.45, 7) is 0.598. The second-order valence-electron chi connectivity index (χ2n) is 8.26. The molecule has 3 aromatic carbocycles. The highest BCUT2D eigenvalue weighted by Gasteiger charge is 2.32. The zero-order valence-electron chi connectivity index (χ0n) is 18.2. The van der Waals surface area contributed by atoms with Gasteiger partial charge in [0.15, 0.2) is 0 Å². The number of likely N-dealkylation sites (tertiary alicyclic amines) is 1. The van der Waals surface area contributed by atoms with Gasteiger partial charge in [-0.2, -0.15) is 0 Å². The van der Waals surface area contributed by atoms with E-state index in [4.69, 9.17) is 0 Å². The topological polar surface area (TPSA) is 81.1 Å². The van der Waals surface area contributed by atoms with E-state index >= 15 is 0 Å². The minimum absolute atomic E-state index is 0.0516. The molecule has 0 radical (unpaired) electrons. The van der Waals surface area contributed by atoms with E-state index in [1.54, 1.807) is 30.0 Å². The summed E-state index contributed by atoms with van der Waals surface area (Å²) in [5, 5.41) is 19.7. The molecule has 1 aliphatic rings. The standard InChI is InChI=1S/C26H26N2O4/c1-27(2)25(31)20-9-4-7-18(15-20)17-6-3-8-19(14-17)23-10-5-13-28(23)26(32)22-12-11-21(29)16-24(22)30/h3-4,6-9,11-12,14-16,23,29-30H,5,10,13H2,1-2H3. The van der Waals surface area contributed by atoms with Crippen molar-refractivity contribution in [1.82, 2.24) is 9.80 Å². The van der Waals surface area contributed by atoms with Gasteiger partial charge in [0, 0.05) is 32.3 Å². The fraction of sp³-hybridized carbons (Fsp3) is 0.231. The molecule has 0 aromatic heterocycles. The van der Waals surface area contributed by atoms with Gasteiger partial charge >= 0.3 is 0 Å². The predicted molar refractivity (Wildman–Crippen MR) is 123 cm³/mol. The predicted octanol–water partition coefficient (Wildman–Crippen LogP) is 4.44. The average Bonchev–Trinajstić information content (AvgIpc) is 3.28. The van der Waals surface area contributed by atoms with Gasteiger partial charge in [-0.05, 0) is 59.9 Å². The first-order valence-electron chi connectivity index (χ1n) is 10.6. The van der Waals surface area contributed by atoms with Crippen LogP contribution >= 0.6 is 0 Å². The van der Waals surface area contributed by atoms with Crippen LogP contribution in [0.2, 0.25) is 0 Å². The lowest BCUT2D eigenvalue weighted by Crippen LogP contribution is -2.30. The maximum Gasteiger partial charge on any atom is 0.258 e. The molecule has 1 heterocycles. The average molecular weight is 431 g/mol. The van der Waals surface area contributed by atoms with Crippen molar-refractivity contribution in [2.75, 3.05) is 20.6 Å². The van der Waals surface area contributed by atoms with Gasteiger partial charge in [0.1, 0.15) is 11.5 Å². The lowest BCUT2D eigenvalue weighted by molar-refractivity contribution is 0.0732. The summed E-state index contributed by atoms with van der Waals surface area (Å²) in [5.74, 6) is -0.616. The number of carbonyl (C=O) groups is 2. The smallest absolute Gasteiger partial charge is 0.258 e. The molecule has 1 saturated heterocycles. The molecule has 2 N–H and O–H groups in total. The van der Waals surface area contributed by atoms with Crippen molar-refractivity contribution in [3.8, 4) is 22.6 Å². The molecule has 2 amide bonds. The molecule has 1 unspecified atom stereocenters. The van der Waals surface area contributed by atoms with Gasteiger partial charge in [0.25, 0.3) is 11.8 Å². The highest BCUT2D eigenvalue weighted by atomic mass is 16.3. The van der Waals surface area contributed by atoms with Crippen molar-refractivity contribution in [2.24, 2.45) is 0 Å². The van der Waals surface area contributed by atoms with Crippen molar-refractivity contribution in [3.05, 3.63) is 83.4 Å². The van der Waals surface area contributed by atoms with Gasteiger partial charge in [-0.1, -0.05) is 30.3 Å². The second-order valence-corrected chi connectivity index (χ2v) is 8.26. The number of carbonyl (C=O) groups excluding carboxylic acids is 2. The first-order valence-corrected chi connectivity index (χ1v) is 10.6. The van der Waals surface area contributed by atoms with E-state index < -0.39 is 0 Å². The first-order chi connectivity index (χ1) is 15.3. The van der Waals surface area contributed by atoms with Crippen molar-refractivity contribution >= 4 is 11.8 Å².